The van der Waals surface area contributed by atoms with Crippen molar-refractivity contribution in [3.05, 3.63) is 35.9 Å². The Balaban J connectivity index is 0.00000576. The molecule has 0 amide bonds. The van der Waals surface area contributed by atoms with Crippen LogP contribution in [0.4, 0.5) is 0 Å². The molecule has 0 bridgehead atoms. The third-order valence-electron chi connectivity index (χ3n) is 4.07. The summed E-state index contributed by atoms with van der Waals surface area (Å²) in [4.78, 5) is 6.64. The molecule has 1 rings (SSSR count). The van der Waals surface area contributed by atoms with Gasteiger partial charge in [0.25, 0.3) is 0 Å². The van der Waals surface area contributed by atoms with Gasteiger partial charge >= 0.3 is 0 Å². The number of aliphatic imine (C=N–C) groups is 1. The molecule has 144 valence electrons. The highest BCUT2D eigenvalue weighted by atomic mass is 127. The van der Waals surface area contributed by atoms with Gasteiger partial charge in [0.15, 0.2) is 5.96 Å². The normalized spacial score (nSPS) is 12.6. The molecule has 0 aliphatic carbocycles. The standard InChI is InChI=1S/C19H34N4O.HI/c1-5-24-15-9-13-21-19(20-3)22-14-12-17(2)23(4)16-18-10-7-6-8-11-18;/h6-8,10-11,17H,5,9,12-16H2,1-4H3,(H2,20,21,22);1H. The Morgan fingerprint density at radius 3 is 2.52 bits per heavy atom. The van der Waals surface area contributed by atoms with Gasteiger partial charge in [0, 0.05) is 45.9 Å². The van der Waals surface area contributed by atoms with Gasteiger partial charge in [0.2, 0.25) is 0 Å². The summed E-state index contributed by atoms with van der Waals surface area (Å²) in [6.45, 7) is 8.62. The number of nitrogens with one attached hydrogen (secondary N) is 2. The van der Waals surface area contributed by atoms with Gasteiger partial charge in [0.05, 0.1) is 0 Å². The first kappa shape index (κ1) is 24.1. The molecule has 0 saturated carbocycles. The van der Waals surface area contributed by atoms with Crippen LogP contribution < -0.4 is 10.6 Å². The summed E-state index contributed by atoms with van der Waals surface area (Å²) in [5.41, 5.74) is 1.35. The van der Waals surface area contributed by atoms with Gasteiger partial charge in [-0.3, -0.25) is 9.89 Å². The van der Waals surface area contributed by atoms with E-state index in [1.807, 2.05) is 14.0 Å². The summed E-state index contributed by atoms with van der Waals surface area (Å²) in [6, 6.07) is 11.1. The number of halogens is 1. The van der Waals surface area contributed by atoms with Crippen LogP contribution in [0.5, 0.6) is 0 Å². The average molecular weight is 462 g/mol. The van der Waals surface area contributed by atoms with E-state index in [1.165, 1.54) is 5.56 Å². The molecule has 0 spiro atoms. The topological polar surface area (TPSA) is 48.9 Å². The van der Waals surface area contributed by atoms with Gasteiger partial charge in [-0.2, -0.15) is 0 Å². The maximum absolute atomic E-state index is 5.33. The maximum Gasteiger partial charge on any atom is 0.190 e. The number of hydrogen-bond donors (Lipinski definition) is 2. The van der Waals surface area contributed by atoms with Crippen molar-refractivity contribution in [3.63, 3.8) is 0 Å². The number of ether oxygens (including phenoxy) is 1. The van der Waals surface area contributed by atoms with Crippen molar-refractivity contribution in [1.82, 2.24) is 15.5 Å². The first-order valence-electron chi connectivity index (χ1n) is 8.93. The Bertz CT molecular complexity index is 456. The molecule has 0 aliphatic heterocycles. The zero-order valence-electron chi connectivity index (χ0n) is 16.1. The first-order valence-corrected chi connectivity index (χ1v) is 8.93. The van der Waals surface area contributed by atoms with Crippen molar-refractivity contribution in [3.8, 4) is 0 Å². The quantitative estimate of drug-likeness (QED) is 0.230. The molecule has 0 fully saturated rings. The minimum Gasteiger partial charge on any atom is -0.382 e. The van der Waals surface area contributed by atoms with Crippen molar-refractivity contribution in [2.24, 2.45) is 4.99 Å². The monoisotopic (exact) mass is 462 g/mol. The third-order valence-corrected chi connectivity index (χ3v) is 4.07. The average Bonchev–Trinajstić information content (AvgIpc) is 2.60. The summed E-state index contributed by atoms with van der Waals surface area (Å²) >= 11 is 0. The van der Waals surface area contributed by atoms with E-state index in [0.717, 1.165) is 51.6 Å². The van der Waals surface area contributed by atoms with Crippen LogP contribution in [0.3, 0.4) is 0 Å². The van der Waals surface area contributed by atoms with Gasteiger partial charge in [-0.05, 0) is 39.3 Å². The lowest BCUT2D eigenvalue weighted by Crippen LogP contribution is -2.40. The number of hydrogen-bond acceptors (Lipinski definition) is 3. The summed E-state index contributed by atoms with van der Waals surface area (Å²) < 4.78 is 5.33. The largest absolute Gasteiger partial charge is 0.382 e. The molecular formula is C19H35IN4O. The Morgan fingerprint density at radius 1 is 1.20 bits per heavy atom. The predicted octanol–water partition coefficient (Wildman–Crippen LogP) is 3.11. The van der Waals surface area contributed by atoms with Gasteiger partial charge in [-0.15, -0.1) is 24.0 Å². The number of rotatable bonds is 11. The van der Waals surface area contributed by atoms with Gasteiger partial charge in [-0.1, -0.05) is 30.3 Å². The van der Waals surface area contributed by atoms with E-state index in [-0.39, 0.29) is 24.0 Å². The molecule has 0 heterocycles. The van der Waals surface area contributed by atoms with Crippen LogP contribution in [0.2, 0.25) is 0 Å². The zero-order valence-corrected chi connectivity index (χ0v) is 18.5. The van der Waals surface area contributed by atoms with Crippen LogP contribution in [0.1, 0.15) is 32.3 Å². The molecule has 0 radical (unpaired) electrons. The number of guanidine groups is 1. The molecule has 0 aliphatic rings. The second kappa shape index (κ2) is 15.4. The molecule has 6 heteroatoms. The van der Waals surface area contributed by atoms with Crippen molar-refractivity contribution < 1.29 is 4.74 Å². The van der Waals surface area contributed by atoms with Crippen molar-refractivity contribution in [2.45, 2.75) is 39.3 Å². The molecule has 2 N–H and O–H groups in total. The van der Waals surface area contributed by atoms with Gasteiger partial charge in [-0.25, -0.2) is 0 Å². The fraction of sp³-hybridized carbons (Fsp3) is 0.632. The fourth-order valence-corrected chi connectivity index (χ4v) is 2.39. The second-order valence-electron chi connectivity index (χ2n) is 6.01. The summed E-state index contributed by atoms with van der Waals surface area (Å²) in [6.07, 6.45) is 2.06. The van der Waals surface area contributed by atoms with E-state index in [0.29, 0.717) is 6.04 Å². The smallest absolute Gasteiger partial charge is 0.190 e. The van der Waals surface area contributed by atoms with E-state index >= 15 is 0 Å². The summed E-state index contributed by atoms with van der Waals surface area (Å²) in [5.74, 6) is 0.865. The SMILES string of the molecule is CCOCCCNC(=NC)NCCC(C)N(C)Cc1ccccc1.I. The van der Waals surface area contributed by atoms with E-state index in [2.05, 4.69) is 64.8 Å². The molecule has 5 nitrogen and oxygen atoms in total. The Hall–Kier alpha value is -0.860. The van der Waals surface area contributed by atoms with Crippen molar-refractivity contribution >= 4 is 29.9 Å². The third kappa shape index (κ3) is 11.4. The minimum atomic E-state index is 0. The van der Waals surface area contributed by atoms with Crippen LogP contribution in [0, 0.1) is 0 Å². The van der Waals surface area contributed by atoms with Gasteiger partial charge < -0.3 is 15.4 Å². The highest BCUT2D eigenvalue weighted by molar-refractivity contribution is 14.0. The van der Waals surface area contributed by atoms with E-state index < -0.39 is 0 Å². The Morgan fingerprint density at radius 2 is 1.88 bits per heavy atom. The molecule has 1 atom stereocenters. The molecule has 0 saturated heterocycles. The van der Waals surface area contributed by atoms with Crippen LogP contribution >= 0.6 is 24.0 Å². The molecule has 1 unspecified atom stereocenters. The highest BCUT2D eigenvalue weighted by Gasteiger charge is 2.09. The summed E-state index contributed by atoms with van der Waals surface area (Å²) in [5, 5.41) is 6.70. The number of nitrogens with zero attached hydrogens (tertiary/aromatic N) is 2. The molecule has 1 aromatic rings. The van der Waals surface area contributed by atoms with Gasteiger partial charge in [0.1, 0.15) is 0 Å². The van der Waals surface area contributed by atoms with E-state index in [1.54, 1.807) is 0 Å². The molecular weight excluding hydrogens is 427 g/mol. The van der Waals surface area contributed by atoms with E-state index in [9.17, 15) is 0 Å². The molecule has 0 aromatic heterocycles. The highest BCUT2D eigenvalue weighted by Crippen LogP contribution is 2.07. The second-order valence-corrected chi connectivity index (χ2v) is 6.01. The van der Waals surface area contributed by atoms with Crippen molar-refractivity contribution in [1.29, 1.82) is 0 Å². The zero-order chi connectivity index (χ0) is 17.6. The number of benzene rings is 1. The predicted molar refractivity (Wildman–Crippen MR) is 118 cm³/mol. The molecule has 25 heavy (non-hydrogen) atoms. The first-order chi connectivity index (χ1) is 11.7. The lowest BCUT2D eigenvalue weighted by Gasteiger charge is -2.25. The molecule has 1 aromatic carbocycles. The Kier molecular flexibility index (Phi) is 14.9. The lowest BCUT2D eigenvalue weighted by atomic mass is 10.1. The fourth-order valence-electron chi connectivity index (χ4n) is 2.39. The van der Waals surface area contributed by atoms with Crippen LogP contribution in [-0.4, -0.2) is 57.3 Å². The minimum absolute atomic E-state index is 0. The van der Waals surface area contributed by atoms with Crippen LogP contribution in [0.15, 0.2) is 35.3 Å². The summed E-state index contributed by atoms with van der Waals surface area (Å²) in [7, 11) is 3.99. The maximum atomic E-state index is 5.33. The Labute approximate surface area is 170 Å². The van der Waals surface area contributed by atoms with E-state index in [4.69, 9.17) is 4.74 Å². The lowest BCUT2D eigenvalue weighted by molar-refractivity contribution is 0.145. The van der Waals surface area contributed by atoms with Crippen LogP contribution in [-0.2, 0) is 11.3 Å². The van der Waals surface area contributed by atoms with Crippen molar-refractivity contribution in [2.75, 3.05) is 40.4 Å². The van der Waals surface area contributed by atoms with Crippen LogP contribution in [0.25, 0.3) is 0 Å².